The third kappa shape index (κ3) is 2.45. The van der Waals surface area contributed by atoms with Crippen molar-refractivity contribution in [2.24, 2.45) is 5.92 Å². The Bertz CT molecular complexity index is 235. The molecular formula is C8H16NO2S. The van der Waals surface area contributed by atoms with E-state index >= 15 is 0 Å². The number of rotatable bonds is 2. The molecule has 0 spiro atoms. The molecule has 1 radical (unpaired) electrons. The second-order valence-corrected chi connectivity index (χ2v) is 5.40. The maximum absolute atomic E-state index is 11.2. The molecular weight excluding hydrogens is 174 g/mol. The molecule has 1 unspecified atom stereocenters. The smallest absolute Gasteiger partial charge is 0.211 e. The first-order valence-electron chi connectivity index (χ1n) is 4.28. The van der Waals surface area contributed by atoms with Crippen molar-refractivity contribution >= 4 is 10.0 Å². The Morgan fingerprint density at radius 1 is 1.58 bits per heavy atom. The van der Waals surface area contributed by atoms with E-state index in [9.17, 15) is 8.42 Å². The monoisotopic (exact) mass is 190 g/mol. The van der Waals surface area contributed by atoms with Gasteiger partial charge in [-0.05, 0) is 25.2 Å². The van der Waals surface area contributed by atoms with Crippen molar-refractivity contribution in [2.75, 3.05) is 19.3 Å². The van der Waals surface area contributed by atoms with Crippen LogP contribution >= 0.6 is 0 Å². The molecule has 71 valence electrons. The van der Waals surface area contributed by atoms with Gasteiger partial charge in [0.05, 0.1) is 6.26 Å². The SMILES string of the molecule is [CH2]CC1CCCN(S(C)(=O)=O)C1. The van der Waals surface area contributed by atoms with Crippen molar-refractivity contribution in [3.8, 4) is 0 Å². The number of hydrogen-bond acceptors (Lipinski definition) is 2. The molecule has 1 fully saturated rings. The topological polar surface area (TPSA) is 37.4 Å². The van der Waals surface area contributed by atoms with Gasteiger partial charge in [-0.3, -0.25) is 0 Å². The standard InChI is InChI=1S/C8H16NO2S/c1-3-8-5-4-6-9(7-8)12(2,10)11/h8H,1,3-7H2,2H3. The average molecular weight is 190 g/mol. The van der Waals surface area contributed by atoms with Crippen molar-refractivity contribution in [3.63, 3.8) is 0 Å². The van der Waals surface area contributed by atoms with Gasteiger partial charge < -0.3 is 0 Å². The summed E-state index contributed by atoms with van der Waals surface area (Å²) in [7, 11) is -2.96. The minimum Gasteiger partial charge on any atom is -0.213 e. The number of sulfonamides is 1. The van der Waals surface area contributed by atoms with Crippen LogP contribution in [0.1, 0.15) is 19.3 Å². The van der Waals surface area contributed by atoms with Crippen LogP contribution in [0.25, 0.3) is 0 Å². The lowest BCUT2D eigenvalue weighted by molar-refractivity contribution is 0.269. The molecule has 1 saturated heterocycles. The molecule has 0 aromatic rings. The minimum absolute atomic E-state index is 0.466. The van der Waals surface area contributed by atoms with Gasteiger partial charge in [0.1, 0.15) is 0 Å². The lowest BCUT2D eigenvalue weighted by Crippen LogP contribution is -2.38. The van der Waals surface area contributed by atoms with Crippen LogP contribution in [0.2, 0.25) is 0 Å². The van der Waals surface area contributed by atoms with E-state index in [2.05, 4.69) is 6.92 Å². The van der Waals surface area contributed by atoms with Crippen LogP contribution in [0.4, 0.5) is 0 Å². The quantitative estimate of drug-likeness (QED) is 0.648. The van der Waals surface area contributed by atoms with Crippen LogP contribution < -0.4 is 0 Å². The van der Waals surface area contributed by atoms with Crippen molar-refractivity contribution < 1.29 is 8.42 Å². The molecule has 1 atom stereocenters. The highest BCUT2D eigenvalue weighted by Crippen LogP contribution is 2.20. The number of hydrogen-bond donors (Lipinski definition) is 0. The van der Waals surface area contributed by atoms with Gasteiger partial charge in [-0.1, -0.05) is 6.92 Å². The number of nitrogens with zero attached hydrogens (tertiary/aromatic N) is 1. The fraction of sp³-hybridized carbons (Fsp3) is 0.875. The molecule has 0 aromatic heterocycles. The average Bonchev–Trinajstić information content (AvgIpc) is 2.03. The molecule has 1 heterocycles. The summed E-state index contributed by atoms with van der Waals surface area (Å²) in [6.45, 7) is 5.16. The first-order valence-corrected chi connectivity index (χ1v) is 6.13. The maximum atomic E-state index is 11.2. The fourth-order valence-electron chi connectivity index (χ4n) is 1.56. The molecule has 12 heavy (non-hydrogen) atoms. The van der Waals surface area contributed by atoms with Crippen LogP contribution in [0.5, 0.6) is 0 Å². The van der Waals surface area contributed by atoms with Crippen molar-refractivity contribution in [1.82, 2.24) is 4.31 Å². The Labute approximate surface area is 74.8 Å². The van der Waals surface area contributed by atoms with E-state index < -0.39 is 10.0 Å². The summed E-state index contributed by atoms with van der Waals surface area (Å²) in [5, 5.41) is 0. The molecule has 0 bridgehead atoms. The van der Waals surface area contributed by atoms with Crippen LogP contribution in [0.3, 0.4) is 0 Å². The van der Waals surface area contributed by atoms with E-state index in [0.717, 1.165) is 19.3 Å². The van der Waals surface area contributed by atoms with Gasteiger partial charge in [0.25, 0.3) is 0 Å². The molecule has 1 aliphatic rings. The lowest BCUT2D eigenvalue weighted by atomic mass is 9.97. The van der Waals surface area contributed by atoms with Crippen LogP contribution in [0.15, 0.2) is 0 Å². The van der Waals surface area contributed by atoms with E-state index in [-0.39, 0.29) is 0 Å². The lowest BCUT2D eigenvalue weighted by Gasteiger charge is -2.30. The molecule has 1 rings (SSSR count). The zero-order valence-electron chi connectivity index (χ0n) is 7.49. The summed E-state index contributed by atoms with van der Waals surface area (Å²) in [5.74, 6) is 0.466. The zero-order valence-corrected chi connectivity index (χ0v) is 8.31. The molecule has 1 aliphatic heterocycles. The molecule has 4 heteroatoms. The van der Waals surface area contributed by atoms with Gasteiger partial charge in [-0.2, -0.15) is 0 Å². The Morgan fingerprint density at radius 3 is 2.75 bits per heavy atom. The van der Waals surface area contributed by atoms with Gasteiger partial charge in [-0.25, -0.2) is 12.7 Å². The predicted octanol–water partition coefficient (Wildman–Crippen LogP) is 0.882. The highest BCUT2D eigenvalue weighted by molar-refractivity contribution is 7.88. The summed E-state index contributed by atoms with van der Waals surface area (Å²) in [5.41, 5.74) is 0. The first kappa shape index (κ1) is 9.99. The van der Waals surface area contributed by atoms with E-state index in [4.69, 9.17) is 0 Å². The molecule has 0 N–H and O–H groups in total. The molecule has 0 aromatic carbocycles. The van der Waals surface area contributed by atoms with Gasteiger partial charge in [0.15, 0.2) is 0 Å². The summed E-state index contributed by atoms with van der Waals surface area (Å²) in [4.78, 5) is 0. The Hall–Kier alpha value is -0.0900. The largest absolute Gasteiger partial charge is 0.213 e. The Balaban J connectivity index is 2.58. The Kier molecular flexibility index (Phi) is 3.12. The van der Waals surface area contributed by atoms with E-state index in [1.54, 1.807) is 4.31 Å². The second kappa shape index (κ2) is 3.75. The zero-order chi connectivity index (χ0) is 9.19. The molecule has 0 amide bonds. The first-order chi connectivity index (χ1) is 5.54. The van der Waals surface area contributed by atoms with Crippen LogP contribution in [-0.4, -0.2) is 32.1 Å². The molecule has 0 saturated carbocycles. The Morgan fingerprint density at radius 2 is 2.25 bits per heavy atom. The number of piperidine rings is 1. The van der Waals surface area contributed by atoms with Crippen LogP contribution in [-0.2, 0) is 10.0 Å². The highest BCUT2D eigenvalue weighted by atomic mass is 32.2. The third-order valence-electron chi connectivity index (χ3n) is 2.36. The molecule has 3 nitrogen and oxygen atoms in total. The summed E-state index contributed by atoms with van der Waals surface area (Å²) in [6.07, 6.45) is 4.22. The van der Waals surface area contributed by atoms with Gasteiger partial charge in [0, 0.05) is 13.1 Å². The van der Waals surface area contributed by atoms with Gasteiger partial charge in [-0.15, -0.1) is 0 Å². The minimum atomic E-state index is -2.96. The van der Waals surface area contributed by atoms with Gasteiger partial charge in [0.2, 0.25) is 10.0 Å². The maximum Gasteiger partial charge on any atom is 0.211 e. The third-order valence-corrected chi connectivity index (χ3v) is 3.63. The summed E-state index contributed by atoms with van der Waals surface area (Å²) >= 11 is 0. The van der Waals surface area contributed by atoms with Crippen LogP contribution in [0, 0.1) is 12.8 Å². The predicted molar refractivity (Wildman–Crippen MR) is 49.1 cm³/mol. The normalized spacial score (nSPS) is 27.3. The van der Waals surface area contributed by atoms with E-state index in [1.165, 1.54) is 6.26 Å². The molecule has 0 aliphatic carbocycles. The highest BCUT2D eigenvalue weighted by Gasteiger charge is 2.24. The fourth-order valence-corrected chi connectivity index (χ4v) is 2.51. The van der Waals surface area contributed by atoms with E-state index in [1.807, 2.05) is 0 Å². The summed E-state index contributed by atoms with van der Waals surface area (Å²) in [6, 6.07) is 0. The van der Waals surface area contributed by atoms with Crippen molar-refractivity contribution in [1.29, 1.82) is 0 Å². The van der Waals surface area contributed by atoms with E-state index in [0.29, 0.717) is 19.0 Å². The second-order valence-electron chi connectivity index (χ2n) is 3.42. The van der Waals surface area contributed by atoms with Crippen molar-refractivity contribution in [3.05, 3.63) is 6.92 Å². The van der Waals surface area contributed by atoms with Crippen molar-refractivity contribution in [2.45, 2.75) is 19.3 Å². The van der Waals surface area contributed by atoms with Gasteiger partial charge >= 0.3 is 0 Å². The summed E-state index contributed by atoms with van der Waals surface area (Å²) < 4.78 is 23.9.